The van der Waals surface area contributed by atoms with Gasteiger partial charge in [0.05, 0.1) is 23.1 Å². The summed E-state index contributed by atoms with van der Waals surface area (Å²) in [5.41, 5.74) is 5.50. The van der Waals surface area contributed by atoms with Crippen LogP contribution in [0.5, 0.6) is 0 Å². The second-order valence-corrected chi connectivity index (χ2v) is 6.93. The Morgan fingerprint density at radius 2 is 2.04 bits per heavy atom. The Morgan fingerprint density at radius 3 is 2.85 bits per heavy atom. The third-order valence-electron chi connectivity index (χ3n) is 4.20. The van der Waals surface area contributed by atoms with Gasteiger partial charge >= 0.3 is 0 Å². The summed E-state index contributed by atoms with van der Waals surface area (Å²) < 4.78 is 0. The van der Waals surface area contributed by atoms with Crippen LogP contribution in [0.2, 0.25) is 0 Å². The van der Waals surface area contributed by atoms with Crippen molar-refractivity contribution < 1.29 is 4.79 Å². The molecule has 0 aliphatic rings. The standard InChI is InChI=1S/C20H18N4OS/c1-2-3-13-4-6-14(7-5-13)18-11-26-20(23-18)24-19(25)15-8-9-16-17(10-15)22-12-21-16/h4-12H,2-3H2,1H3,(H,21,22)(H,23,24,25). The molecule has 1 amide bonds. The van der Waals surface area contributed by atoms with Crippen LogP contribution in [0.15, 0.2) is 54.2 Å². The van der Waals surface area contributed by atoms with Crippen LogP contribution >= 0.6 is 11.3 Å². The first-order valence-corrected chi connectivity index (χ1v) is 9.40. The Balaban J connectivity index is 1.49. The fourth-order valence-electron chi connectivity index (χ4n) is 2.84. The second-order valence-electron chi connectivity index (χ2n) is 6.07. The van der Waals surface area contributed by atoms with Crippen molar-refractivity contribution in [3.8, 4) is 11.3 Å². The van der Waals surface area contributed by atoms with E-state index in [0.29, 0.717) is 10.7 Å². The van der Waals surface area contributed by atoms with Crippen molar-refractivity contribution in [1.29, 1.82) is 0 Å². The molecule has 0 unspecified atom stereocenters. The number of H-pyrrole nitrogens is 1. The van der Waals surface area contributed by atoms with Crippen LogP contribution in [0.4, 0.5) is 5.13 Å². The molecule has 2 heterocycles. The first kappa shape index (κ1) is 16.5. The summed E-state index contributed by atoms with van der Waals surface area (Å²) in [5.74, 6) is -0.180. The number of nitrogens with one attached hydrogen (secondary N) is 2. The fourth-order valence-corrected chi connectivity index (χ4v) is 3.56. The quantitative estimate of drug-likeness (QED) is 0.531. The van der Waals surface area contributed by atoms with E-state index in [1.807, 2.05) is 11.4 Å². The molecule has 0 saturated carbocycles. The van der Waals surface area contributed by atoms with E-state index < -0.39 is 0 Å². The van der Waals surface area contributed by atoms with Gasteiger partial charge in [0.25, 0.3) is 5.91 Å². The number of carbonyl (C=O) groups is 1. The lowest BCUT2D eigenvalue weighted by atomic mass is 10.1. The number of imidazole rings is 1. The Morgan fingerprint density at radius 1 is 1.19 bits per heavy atom. The molecule has 0 atom stereocenters. The van der Waals surface area contributed by atoms with E-state index in [0.717, 1.165) is 35.1 Å². The van der Waals surface area contributed by atoms with Crippen molar-refractivity contribution in [3.63, 3.8) is 0 Å². The molecule has 0 aliphatic carbocycles. The van der Waals surface area contributed by atoms with Gasteiger partial charge in [-0.15, -0.1) is 11.3 Å². The number of fused-ring (bicyclic) bond motifs is 1. The predicted octanol–water partition coefficient (Wildman–Crippen LogP) is 4.89. The third kappa shape index (κ3) is 3.36. The van der Waals surface area contributed by atoms with Gasteiger partial charge in [-0.05, 0) is 30.2 Å². The van der Waals surface area contributed by atoms with Crippen molar-refractivity contribution in [2.24, 2.45) is 0 Å². The van der Waals surface area contributed by atoms with Crippen molar-refractivity contribution in [3.05, 3.63) is 65.3 Å². The molecule has 2 aromatic carbocycles. The van der Waals surface area contributed by atoms with Gasteiger partial charge in [-0.2, -0.15) is 0 Å². The van der Waals surface area contributed by atoms with E-state index in [9.17, 15) is 4.79 Å². The maximum atomic E-state index is 12.5. The molecule has 0 saturated heterocycles. The Kier molecular flexibility index (Phi) is 4.50. The number of benzene rings is 2. The minimum atomic E-state index is -0.180. The molecule has 4 aromatic rings. The molecule has 4 rings (SSSR count). The largest absolute Gasteiger partial charge is 0.345 e. The van der Waals surface area contributed by atoms with Gasteiger partial charge in [0.2, 0.25) is 0 Å². The second kappa shape index (κ2) is 7.09. The van der Waals surface area contributed by atoms with Crippen LogP contribution in [-0.4, -0.2) is 20.9 Å². The van der Waals surface area contributed by atoms with Crippen molar-refractivity contribution in [1.82, 2.24) is 15.0 Å². The molecule has 0 radical (unpaired) electrons. The smallest absolute Gasteiger partial charge is 0.257 e. The molecule has 26 heavy (non-hydrogen) atoms. The Bertz CT molecular complexity index is 1050. The number of rotatable bonds is 5. The third-order valence-corrected chi connectivity index (χ3v) is 4.95. The number of carbonyl (C=O) groups excluding carboxylic acids is 1. The van der Waals surface area contributed by atoms with E-state index in [4.69, 9.17) is 0 Å². The first-order chi connectivity index (χ1) is 12.7. The molecular formula is C20H18N4OS. The SMILES string of the molecule is CCCc1ccc(-c2csc(NC(=O)c3ccc4nc[nH]c4c3)n2)cc1. The van der Waals surface area contributed by atoms with Gasteiger partial charge in [-0.1, -0.05) is 37.6 Å². The monoisotopic (exact) mass is 362 g/mol. The van der Waals surface area contributed by atoms with Crippen LogP contribution in [0.25, 0.3) is 22.3 Å². The Labute approximate surface area is 155 Å². The number of hydrogen-bond acceptors (Lipinski definition) is 4. The van der Waals surface area contributed by atoms with Crippen LogP contribution in [0.3, 0.4) is 0 Å². The number of hydrogen-bond donors (Lipinski definition) is 2. The summed E-state index contributed by atoms with van der Waals surface area (Å²) in [4.78, 5) is 24.2. The molecule has 5 nitrogen and oxygen atoms in total. The zero-order valence-electron chi connectivity index (χ0n) is 14.3. The van der Waals surface area contributed by atoms with Crippen molar-refractivity contribution >= 4 is 33.4 Å². The predicted molar refractivity (Wildman–Crippen MR) is 106 cm³/mol. The highest BCUT2D eigenvalue weighted by Crippen LogP contribution is 2.26. The number of anilines is 1. The maximum Gasteiger partial charge on any atom is 0.257 e. The molecule has 0 aliphatic heterocycles. The highest BCUT2D eigenvalue weighted by atomic mass is 32.1. The summed E-state index contributed by atoms with van der Waals surface area (Å²) in [7, 11) is 0. The molecule has 2 N–H and O–H groups in total. The van der Waals surface area contributed by atoms with E-state index in [-0.39, 0.29) is 5.91 Å². The molecule has 0 bridgehead atoms. The minimum absolute atomic E-state index is 0.180. The molecular weight excluding hydrogens is 344 g/mol. The van der Waals surface area contributed by atoms with Gasteiger partial charge in [0, 0.05) is 16.5 Å². The minimum Gasteiger partial charge on any atom is -0.345 e. The van der Waals surface area contributed by atoms with Crippen LogP contribution in [0.1, 0.15) is 29.3 Å². The molecule has 2 aromatic heterocycles. The number of thiazole rings is 1. The highest BCUT2D eigenvalue weighted by molar-refractivity contribution is 7.14. The van der Waals surface area contributed by atoms with Crippen molar-refractivity contribution in [2.75, 3.05) is 5.32 Å². The van der Waals surface area contributed by atoms with E-state index in [1.165, 1.54) is 16.9 Å². The summed E-state index contributed by atoms with van der Waals surface area (Å²) in [6.07, 6.45) is 3.83. The summed E-state index contributed by atoms with van der Waals surface area (Å²) in [5, 5.41) is 5.42. The molecule has 0 spiro atoms. The lowest BCUT2D eigenvalue weighted by molar-refractivity contribution is 0.102. The fraction of sp³-hybridized carbons (Fsp3) is 0.150. The van der Waals surface area contributed by atoms with E-state index in [2.05, 4.69) is 51.5 Å². The first-order valence-electron chi connectivity index (χ1n) is 8.52. The van der Waals surface area contributed by atoms with Gasteiger partial charge in [-0.3, -0.25) is 10.1 Å². The summed E-state index contributed by atoms with van der Waals surface area (Å²) >= 11 is 1.42. The van der Waals surface area contributed by atoms with Gasteiger partial charge in [0.1, 0.15) is 0 Å². The van der Waals surface area contributed by atoms with Crippen LogP contribution < -0.4 is 5.32 Å². The normalized spacial score (nSPS) is 11.0. The maximum absolute atomic E-state index is 12.5. The average Bonchev–Trinajstić information content (AvgIpc) is 3.31. The lowest BCUT2D eigenvalue weighted by Crippen LogP contribution is -2.11. The van der Waals surface area contributed by atoms with Gasteiger partial charge < -0.3 is 4.98 Å². The number of aryl methyl sites for hydroxylation is 1. The topological polar surface area (TPSA) is 70.7 Å². The zero-order chi connectivity index (χ0) is 17.9. The number of amides is 1. The number of aromatic amines is 1. The number of aromatic nitrogens is 3. The van der Waals surface area contributed by atoms with E-state index >= 15 is 0 Å². The van der Waals surface area contributed by atoms with E-state index in [1.54, 1.807) is 18.5 Å². The average molecular weight is 362 g/mol. The lowest BCUT2D eigenvalue weighted by Gasteiger charge is -2.02. The highest BCUT2D eigenvalue weighted by Gasteiger charge is 2.11. The van der Waals surface area contributed by atoms with Crippen LogP contribution in [-0.2, 0) is 6.42 Å². The molecule has 130 valence electrons. The zero-order valence-corrected chi connectivity index (χ0v) is 15.1. The van der Waals surface area contributed by atoms with Crippen LogP contribution in [0, 0.1) is 0 Å². The van der Waals surface area contributed by atoms with Gasteiger partial charge in [-0.25, -0.2) is 9.97 Å². The molecule has 6 heteroatoms. The van der Waals surface area contributed by atoms with Gasteiger partial charge in [0.15, 0.2) is 5.13 Å². The number of nitrogens with zero attached hydrogens (tertiary/aromatic N) is 2. The van der Waals surface area contributed by atoms with Crippen molar-refractivity contribution in [2.45, 2.75) is 19.8 Å². The summed E-state index contributed by atoms with van der Waals surface area (Å²) in [6.45, 7) is 2.17. The molecule has 0 fully saturated rings. The Hall–Kier alpha value is -2.99. The summed E-state index contributed by atoms with van der Waals surface area (Å²) in [6, 6.07) is 13.8.